The van der Waals surface area contributed by atoms with Gasteiger partial charge >= 0.3 is 0 Å². The van der Waals surface area contributed by atoms with Crippen LogP contribution in [0.5, 0.6) is 0 Å². The summed E-state index contributed by atoms with van der Waals surface area (Å²) in [4.78, 5) is 39.8. The van der Waals surface area contributed by atoms with E-state index in [1.54, 1.807) is 17.0 Å². The van der Waals surface area contributed by atoms with Gasteiger partial charge in [0, 0.05) is 25.7 Å². The first-order valence-electron chi connectivity index (χ1n) is 15.0. The number of likely N-dealkylation sites (tertiary alicyclic amines) is 1. The summed E-state index contributed by atoms with van der Waals surface area (Å²) in [5.41, 5.74) is 2.73. The van der Waals surface area contributed by atoms with Gasteiger partial charge in [0.05, 0.1) is 12.0 Å². The fourth-order valence-electron chi connectivity index (χ4n) is 5.74. The fourth-order valence-corrected chi connectivity index (χ4v) is 5.74. The molecule has 0 aliphatic carbocycles. The number of hydrogen-bond donors (Lipinski definition) is 2. The van der Waals surface area contributed by atoms with Crippen molar-refractivity contribution >= 4 is 35.9 Å². The molecule has 2 N–H and O–H groups in total. The number of aryl methyl sites for hydroxylation is 1. The van der Waals surface area contributed by atoms with Gasteiger partial charge < -0.3 is 34.3 Å². The average molecular weight is 605 g/mol. The van der Waals surface area contributed by atoms with Gasteiger partial charge in [0.2, 0.25) is 5.95 Å². The lowest BCUT2D eigenvalue weighted by atomic mass is 10.1. The number of carbonyl (C=O) groups is 2. The quantitative estimate of drug-likeness (QED) is 0.202. The van der Waals surface area contributed by atoms with E-state index < -0.39 is 24.5 Å². The van der Waals surface area contributed by atoms with E-state index in [4.69, 9.17) is 28.7 Å². The zero-order valence-electron chi connectivity index (χ0n) is 24.5. The Morgan fingerprint density at radius 1 is 1.02 bits per heavy atom. The maximum atomic E-state index is 11.6. The van der Waals surface area contributed by atoms with Gasteiger partial charge in [0.1, 0.15) is 0 Å². The number of rotatable bonds is 14. The molecule has 0 spiro atoms. The highest BCUT2D eigenvalue weighted by Crippen LogP contribution is 2.43. The molecule has 2 saturated heterocycles. The van der Waals surface area contributed by atoms with Gasteiger partial charge in [-0.15, -0.1) is 0 Å². The maximum Gasteiger partial charge on any atom is 0.293 e. The van der Waals surface area contributed by atoms with Crippen LogP contribution in [0.15, 0.2) is 47.2 Å². The third-order valence-electron chi connectivity index (χ3n) is 7.99. The molecule has 232 valence electrons. The monoisotopic (exact) mass is 604 g/mol. The lowest BCUT2D eigenvalue weighted by Gasteiger charge is -2.26. The van der Waals surface area contributed by atoms with Gasteiger partial charge in [-0.2, -0.15) is 9.97 Å². The molecule has 44 heavy (non-hydrogen) atoms. The molecule has 0 radical (unpaired) electrons. The number of carbonyl (C=O) groups excluding carboxylic acids is 2. The Balaban J connectivity index is 1.33. The van der Waals surface area contributed by atoms with Crippen LogP contribution in [0.4, 0.5) is 11.8 Å². The van der Waals surface area contributed by atoms with E-state index >= 15 is 0 Å². The number of ether oxygens (including phenoxy) is 3. The van der Waals surface area contributed by atoms with Gasteiger partial charge in [-0.25, -0.2) is 4.98 Å². The molecule has 6 rings (SSSR count). The summed E-state index contributed by atoms with van der Waals surface area (Å²) in [7, 11) is 0. The van der Waals surface area contributed by atoms with Crippen molar-refractivity contribution in [1.82, 2.24) is 29.6 Å². The Kier molecular flexibility index (Phi) is 9.27. The number of fused-ring (bicyclic) bond motifs is 1. The van der Waals surface area contributed by atoms with E-state index in [0.717, 1.165) is 25.2 Å². The number of benzene rings is 1. The number of piperidine rings is 1. The molecule has 0 unspecified atom stereocenters. The largest absolute Gasteiger partial charge is 0.457 e. The van der Waals surface area contributed by atoms with E-state index in [1.165, 1.54) is 19.3 Å². The highest BCUT2D eigenvalue weighted by atomic mass is 16.6. The van der Waals surface area contributed by atoms with Crippen molar-refractivity contribution in [2.45, 2.75) is 63.7 Å². The molecule has 0 amide bonds. The minimum atomic E-state index is -1.03. The van der Waals surface area contributed by atoms with Gasteiger partial charge in [-0.3, -0.25) is 14.2 Å². The summed E-state index contributed by atoms with van der Waals surface area (Å²) >= 11 is 0. The lowest BCUT2D eigenvalue weighted by molar-refractivity contribution is -0.151. The average Bonchev–Trinajstić information content (AvgIpc) is 3.79. The zero-order chi connectivity index (χ0) is 30.3. The van der Waals surface area contributed by atoms with Crippen LogP contribution in [-0.2, 0) is 36.8 Å². The number of nitrogens with one attached hydrogen (secondary N) is 2. The summed E-state index contributed by atoms with van der Waals surface area (Å²) in [6.45, 7) is 6.78. The molecule has 4 aromatic rings. The van der Waals surface area contributed by atoms with E-state index in [-0.39, 0.29) is 0 Å². The second kappa shape index (κ2) is 13.8. The number of anilines is 2. The standard InChI is InChI=1S/C30H36N8O6/c1-2-21-15-22(44-36-21)24-25(41-18-39)26(42-19-40)29(43-24)38-17-33-23-27(32-16-20-9-5-3-6-10-20)34-30(35-28(23)38)31-11-14-37-12-7-4-8-13-37/h3,5-6,9-10,15,17-19,24-26,29H,2,4,7-8,11-14,16H2,1H3,(H2,31,32,34,35)/t24-,25+,26-,29-/m1/s1. The number of aromatic nitrogens is 5. The predicted octanol–water partition coefficient (Wildman–Crippen LogP) is 3.24. The van der Waals surface area contributed by atoms with Crippen LogP contribution in [0.2, 0.25) is 0 Å². The Morgan fingerprint density at radius 3 is 2.57 bits per heavy atom. The minimum absolute atomic E-state index is 0.297. The molecule has 0 saturated carbocycles. The van der Waals surface area contributed by atoms with Crippen molar-refractivity contribution in [3.63, 3.8) is 0 Å². The number of imidazole rings is 1. The normalized spacial score (nSPS) is 22.1. The molecule has 3 aromatic heterocycles. The summed E-state index contributed by atoms with van der Waals surface area (Å²) in [6.07, 6.45) is 2.02. The zero-order valence-corrected chi connectivity index (χ0v) is 24.5. The summed E-state index contributed by atoms with van der Waals surface area (Å²) in [6, 6.07) is 11.7. The SMILES string of the molecule is CCc1cc([C@H]2O[C@@H](n3cnc4c(NCc5ccccc5)nc(NCCN5CCCCC5)nc43)[C@H](OC=O)[C@H]2OC=O)on1. The second-order valence-electron chi connectivity index (χ2n) is 10.8. The molecular weight excluding hydrogens is 568 g/mol. The van der Waals surface area contributed by atoms with Crippen LogP contribution in [-0.4, -0.2) is 80.9 Å². The number of nitrogens with zero attached hydrogens (tertiary/aromatic N) is 6. The molecular formula is C30H36N8O6. The third kappa shape index (κ3) is 6.36. The molecule has 2 fully saturated rings. The number of hydrogen-bond acceptors (Lipinski definition) is 13. The van der Waals surface area contributed by atoms with E-state index in [9.17, 15) is 9.59 Å². The molecule has 0 bridgehead atoms. The van der Waals surface area contributed by atoms with Gasteiger partial charge in [-0.1, -0.05) is 48.8 Å². The highest BCUT2D eigenvalue weighted by Gasteiger charge is 2.51. The van der Waals surface area contributed by atoms with Crippen molar-refractivity contribution in [2.24, 2.45) is 0 Å². The molecule has 4 atom stereocenters. The second-order valence-corrected chi connectivity index (χ2v) is 10.8. The molecule has 5 heterocycles. The molecule has 2 aliphatic heterocycles. The van der Waals surface area contributed by atoms with Crippen molar-refractivity contribution in [1.29, 1.82) is 0 Å². The van der Waals surface area contributed by atoms with Crippen LogP contribution in [0.3, 0.4) is 0 Å². The lowest BCUT2D eigenvalue weighted by Crippen LogP contribution is -2.34. The van der Waals surface area contributed by atoms with Crippen LogP contribution in [0.25, 0.3) is 11.2 Å². The van der Waals surface area contributed by atoms with Crippen molar-refractivity contribution < 1.29 is 28.3 Å². The highest BCUT2D eigenvalue weighted by molar-refractivity contribution is 5.84. The third-order valence-corrected chi connectivity index (χ3v) is 7.99. The fraction of sp³-hybridized carbons (Fsp3) is 0.467. The van der Waals surface area contributed by atoms with Crippen LogP contribution >= 0.6 is 0 Å². The van der Waals surface area contributed by atoms with E-state index in [1.807, 2.05) is 37.3 Å². The van der Waals surface area contributed by atoms with Crippen molar-refractivity contribution in [3.8, 4) is 0 Å². The first-order valence-corrected chi connectivity index (χ1v) is 15.0. The predicted molar refractivity (Wildman–Crippen MR) is 158 cm³/mol. The Bertz CT molecular complexity index is 1540. The summed E-state index contributed by atoms with van der Waals surface area (Å²) in [5.74, 6) is 1.29. The van der Waals surface area contributed by atoms with Gasteiger partial charge in [0.25, 0.3) is 12.9 Å². The van der Waals surface area contributed by atoms with Crippen molar-refractivity contribution in [3.05, 3.63) is 59.7 Å². The molecule has 14 heteroatoms. The summed E-state index contributed by atoms with van der Waals surface area (Å²) < 4.78 is 24.4. The topological polar surface area (TPSA) is 159 Å². The first-order chi connectivity index (χ1) is 21.7. The van der Waals surface area contributed by atoms with Crippen LogP contribution in [0.1, 0.15) is 55.5 Å². The smallest absolute Gasteiger partial charge is 0.293 e. The van der Waals surface area contributed by atoms with E-state index in [2.05, 4.69) is 25.7 Å². The van der Waals surface area contributed by atoms with Gasteiger partial charge in [-0.05, 0) is 37.9 Å². The van der Waals surface area contributed by atoms with Crippen LogP contribution in [0, 0.1) is 0 Å². The Morgan fingerprint density at radius 2 is 1.82 bits per heavy atom. The molecule has 14 nitrogen and oxygen atoms in total. The molecule has 1 aromatic carbocycles. The maximum absolute atomic E-state index is 11.6. The first kappa shape index (κ1) is 29.5. The minimum Gasteiger partial charge on any atom is -0.457 e. The summed E-state index contributed by atoms with van der Waals surface area (Å²) in [5, 5.41) is 10.8. The molecule has 2 aliphatic rings. The Labute approximate surface area is 254 Å². The Hall–Kier alpha value is -4.56. The van der Waals surface area contributed by atoms with E-state index in [0.29, 0.717) is 66.8 Å². The van der Waals surface area contributed by atoms with Crippen molar-refractivity contribution in [2.75, 3.05) is 36.8 Å². The van der Waals surface area contributed by atoms with Crippen LogP contribution < -0.4 is 10.6 Å². The van der Waals surface area contributed by atoms with Gasteiger partial charge in [0.15, 0.2) is 47.3 Å².